The predicted octanol–water partition coefficient (Wildman–Crippen LogP) is 2.19. The minimum absolute atomic E-state index is 0.254. The molecule has 104 valence electrons. The number of ether oxygens (including phenoxy) is 1. The molecule has 0 amide bonds. The summed E-state index contributed by atoms with van der Waals surface area (Å²) in [6, 6.07) is 9.18. The van der Waals surface area contributed by atoms with Gasteiger partial charge in [-0.25, -0.2) is 0 Å². The molecule has 2 heterocycles. The molecular weight excluding hydrogens is 236 g/mol. The Hall–Kier alpha value is -1.06. The first-order valence-corrected chi connectivity index (χ1v) is 7.48. The lowest BCUT2D eigenvalue weighted by atomic mass is 9.96. The van der Waals surface area contributed by atoms with E-state index in [9.17, 15) is 0 Å². The van der Waals surface area contributed by atoms with Crippen LogP contribution in [0, 0.1) is 0 Å². The van der Waals surface area contributed by atoms with Crippen molar-refractivity contribution in [1.29, 1.82) is 0 Å². The Kier molecular flexibility index (Phi) is 3.76. The second-order valence-corrected chi connectivity index (χ2v) is 5.97. The van der Waals surface area contributed by atoms with Gasteiger partial charge in [-0.2, -0.15) is 0 Å². The van der Waals surface area contributed by atoms with Crippen LogP contribution in [0.25, 0.3) is 0 Å². The van der Waals surface area contributed by atoms with Gasteiger partial charge in [0.05, 0.1) is 0 Å². The number of nitrogens with zero attached hydrogens (tertiary/aromatic N) is 1. The van der Waals surface area contributed by atoms with Crippen molar-refractivity contribution in [2.24, 2.45) is 5.73 Å². The molecule has 19 heavy (non-hydrogen) atoms. The number of para-hydroxylation sites is 1. The van der Waals surface area contributed by atoms with Gasteiger partial charge in [0.25, 0.3) is 0 Å². The van der Waals surface area contributed by atoms with Crippen molar-refractivity contribution in [3.8, 4) is 5.75 Å². The van der Waals surface area contributed by atoms with Gasteiger partial charge in [0.15, 0.2) is 0 Å². The molecule has 1 saturated heterocycles. The van der Waals surface area contributed by atoms with Gasteiger partial charge in [-0.05, 0) is 37.9 Å². The second-order valence-electron chi connectivity index (χ2n) is 5.97. The highest BCUT2D eigenvalue weighted by molar-refractivity contribution is 5.37. The van der Waals surface area contributed by atoms with E-state index in [1.54, 1.807) is 0 Å². The van der Waals surface area contributed by atoms with Gasteiger partial charge in [0, 0.05) is 25.0 Å². The minimum Gasteiger partial charge on any atom is -0.488 e. The van der Waals surface area contributed by atoms with Gasteiger partial charge in [-0.15, -0.1) is 0 Å². The normalized spacial score (nSPS) is 28.7. The van der Waals surface area contributed by atoms with Crippen molar-refractivity contribution in [2.45, 2.75) is 50.8 Å². The topological polar surface area (TPSA) is 38.5 Å². The summed E-state index contributed by atoms with van der Waals surface area (Å²) in [6.07, 6.45) is 5.18. The van der Waals surface area contributed by atoms with Crippen LogP contribution in [0.2, 0.25) is 0 Å². The fourth-order valence-corrected chi connectivity index (χ4v) is 3.46. The summed E-state index contributed by atoms with van der Waals surface area (Å²) in [5, 5.41) is 0. The molecule has 3 unspecified atom stereocenters. The highest BCUT2D eigenvalue weighted by atomic mass is 16.5. The first kappa shape index (κ1) is 12.9. The van der Waals surface area contributed by atoms with Gasteiger partial charge < -0.3 is 10.5 Å². The first-order chi connectivity index (χ1) is 9.24. The van der Waals surface area contributed by atoms with Crippen LogP contribution in [0.5, 0.6) is 5.75 Å². The van der Waals surface area contributed by atoms with E-state index in [0.717, 1.165) is 18.7 Å². The maximum Gasteiger partial charge on any atom is 0.123 e. The molecule has 3 rings (SSSR count). The molecule has 0 aliphatic carbocycles. The summed E-state index contributed by atoms with van der Waals surface area (Å²) >= 11 is 0. The van der Waals surface area contributed by atoms with E-state index in [2.05, 4.69) is 30.0 Å². The molecule has 2 aliphatic heterocycles. The number of rotatable bonds is 3. The summed E-state index contributed by atoms with van der Waals surface area (Å²) in [6.45, 7) is 4.32. The van der Waals surface area contributed by atoms with Crippen molar-refractivity contribution in [3.63, 3.8) is 0 Å². The van der Waals surface area contributed by atoms with Crippen LogP contribution in [-0.4, -0.2) is 36.2 Å². The van der Waals surface area contributed by atoms with Crippen molar-refractivity contribution in [2.75, 3.05) is 13.1 Å². The van der Waals surface area contributed by atoms with Crippen molar-refractivity contribution >= 4 is 0 Å². The second kappa shape index (κ2) is 5.51. The van der Waals surface area contributed by atoms with Crippen LogP contribution in [0.4, 0.5) is 0 Å². The first-order valence-electron chi connectivity index (χ1n) is 7.48. The largest absolute Gasteiger partial charge is 0.488 e. The smallest absolute Gasteiger partial charge is 0.123 e. The lowest BCUT2D eigenvalue weighted by molar-refractivity contribution is 0.0803. The van der Waals surface area contributed by atoms with Gasteiger partial charge in [0.1, 0.15) is 11.9 Å². The Morgan fingerprint density at radius 3 is 3.00 bits per heavy atom. The summed E-state index contributed by atoms with van der Waals surface area (Å²) < 4.78 is 6.06. The average molecular weight is 260 g/mol. The van der Waals surface area contributed by atoms with Gasteiger partial charge in [-0.1, -0.05) is 24.6 Å². The third-order valence-corrected chi connectivity index (χ3v) is 4.42. The van der Waals surface area contributed by atoms with E-state index in [4.69, 9.17) is 10.5 Å². The molecule has 1 aromatic carbocycles. The quantitative estimate of drug-likeness (QED) is 0.905. The highest BCUT2D eigenvalue weighted by Crippen LogP contribution is 2.29. The number of likely N-dealkylation sites (tertiary alicyclic amines) is 1. The number of benzene rings is 1. The molecule has 1 fully saturated rings. The lowest BCUT2D eigenvalue weighted by Crippen LogP contribution is -2.51. The van der Waals surface area contributed by atoms with Crippen molar-refractivity contribution in [1.82, 2.24) is 4.90 Å². The summed E-state index contributed by atoms with van der Waals surface area (Å²) in [7, 11) is 0. The van der Waals surface area contributed by atoms with Crippen LogP contribution < -0.4 is 10.5 Å². The number of nitrogens with two attached hydrogens (primary N) is 1. The zero-order chi connectivity index (χ0) is 13.2. The van der Waals surface area contributed by atoms with Gasteiger partial charge in [0.2, 0.25) is 0 Å². The fourth-order valence-electron chi connectivity index (χ4n) is 3.46. The molecule has 3 nitrogen and oxygen atoms in total. The molecule has 3 heteroatoms. The molecule has 2 N–H and O–H groups in total. The molecule has 0 radical (unpaired) electrons. The minimum atomic E-state index is 0.254. The van der Waals surface area contributed by atoms with Crippen LogP contribution in [0.1, 0.15) is 31.7 Å². The average Bonchev–Trinajstić information content (AvgIpc) is 2.81. The molecular formula is C16H24N2O. The number of piperidine rings is 1. The maximum absolute atomic E-state index is 6.13. The molecule has 2 aliphatic rings. The Morgan fingerprint density at radius 2 is 2.21 bits per heavy atom. The number of hydrogen-bond acceptors (Lipinski definition) is 3. The molecule has 0 spiro atoms. The lowest BCUT2D eigenvalue weighted by Gasteiger charge is -2.39. The van der Waals surface area contributed by atoms with E-state index in [1.807, 2.05) is 6.07 Å². The van der Waals surface area contributed by atoms with Gasteiger partial charge >= 0.3 is 0 Å². The van der Waals surface area contributed by atoms with Crippen LogP contribution >= 0.6 is 0 Å². The maximum atomic E-state index is 6.13. The Bertz CT molecular complexity index is 408. The standard InChI is InChI=1S/C16H24N2O/c1-12(17)15-7-4-5-9-18(15)11-14-10-13-6-2-3-8-16(13)19-14/h2-3,6,8,12,14-15H,4-5,7,9-11,17H2,1H3. The fraction of sp³-hybridized carbons (Fsp3) is 0.625. The van der Waals surface area contributed by atoms with Crippen LogP contribution in [-0.2, 0) is 6.42 Å². The van der Waals surface area contributed by atoms with Gasteiger partial charge in [-0.3, -0.25) is 4.90 Å². The predicted molar refractivity (Wildman–Crippen MR) is 77.4 cm³/mol. The number of fused-ring (bicyclic) bond motifs is 1. The zero-order valence-electron chi connectivity index (χ0n) is 11.7. The van der Waals surface area contributed by atoms with E-state index < -0.39 is 0 Å². The SMILES string of the molecule is CC(N)C1CCCCN1CC1Cc2ccccc2O1. The summed E-state index contributed by atoms with van der Waals surface area (Å²) in [4.78, 5) is 2.55. The number of hydrogen-bond donors (Lipinski definition) is 1. The van der Waals surface area contributed by atoms with Crippen molar-refractivity contribution < 1.29 is 4.74 Å². The zero-order valence-corrected chi connectivity index (χ0v) is 11.7. The molecule has 0 saturated carbocycles. The molecule has 1 aromatic rings. The van der Waals surface area contributed by atoms with Crippen LogP contribution in [0.15, 0.2) is 24.3 Å². The van der Waals surface area contributed by atoms with Crippen molar-refractivity contribution in [3.05, 3.63) is 29.8 Å². The summed E-state index contributed by atoms with van der Waals surface area (Å²) in [5.74, 6) is 1.07. The van der Waals surface area contributed by atoms with E-state index in [-0.39, 0.29) is 6.04 Å². The monoisotopic (exact) mass is 260 g/mol. The van der Waals surface area contributed by atoms with E-state index in [0.29, 0.717) is 12.1 Å². The third kappa shape index (κ3) is 2.77. The molecule has 0 aromatic heterocycles. The molecule has 3 atom stereocenters. The Labute approximate surface area is 115 Å². The third-order valence-electron chi connectivity index (χ3n) is 4.42. The Morgan fingerprint density at radius 1 is 1.37 bits per heavy atom. The summed E-state index contributed by atoms with van der Waals surface area (Å²) in [5.41, 5.74) is 7.48. The van der Waals surface area contributed by atoms with Crippen LogP contribution in [0.3, 0.4) is 0 Å². The Balaban J connectivity index is 1.63. The highest BCUT2D eigenvalue weighted by Gasteiger charge is 2.30. The van der Waals surface area contributed by atoms with E-state index >= 15 is 0 Å². The molecule has 0 bridgehead atoms. The van der Waals surface area contributed by atoms with E-state index in [1.165, 1.54) is 31.4 Å².